The van der Waals surface area contributed by atoms with Crippen molar-refractivity contribution in [3.8, 4) is 0 Å². The molecule has 0 amide bonds. The topological polar surface area (TPSA) is 71.7 Å². The van der Waals surface area contributed by atoms with Crippen LogP contribution in [0.5, 0.6) is 0 Å². The lowest BCUT2D eigenvalue weighted by Crippen LogP contribution is -2.12. The van der Waals surface area contributed by atoms with Crippen molar-refractivity contribution in [2.45, 2.75) is 26.6 Å². The summed E-state index contributed by atoms with van der Waals surface area (Å²) in [5, 5.41) is 12.3. The molecule has 5 nitrogen and oxygen atoms in total. The predicted octanol–water partition coefficient (Wildman–Crippen LogP) is 2.16. The van der Waals surface area contributed by atoms with Crippen LogP contribution >= 0.6 is 0 Å². The third-order valence-electron chi connectivity index (χ3n) is 3.18. The molecule has 0 radical (unpaired) electrons. The van der Waals surface area contributed by atoms with Gasteiger partial charge < -0.3 is 19.6 Å². The van der Waals surface area contributed by atoms with Crippen LogP contribution in [0, 0.1) is 6.92 Å². The number of aryl methyl sites for hydroxylation is 1. The summed E-state index contributed by atoms with van der Waals surface area (Å²) in [6.07, 6.45) is 0. The van der Waals surface area contributed by atoms with Gasteiger partial charge in [0.15, 0.2) is 0 Å². The summed E-state index contributed by atoms with van der Waals surface area (Å²) in [5.74, 6) is 0.852. The normalized spacial score (nSPS) is 10.6. The van der Waals surface area contributed by atoms with Crippen LogP contribution in [0.4, 0.5) is 0 Å². The van der Waals surface area contributed by atoms with E-state index < -0.39 is 5.97 Å². The van der Waals surface area contributed by atoms with E-state index in [9.17, 15) is 4.79 Å². The maximum atomic E-state index is 11.5. The van der Waals surface area contributed by atoms with E-state index in [0.29, 0.717) is 30.2 Å². The van der Waals surface area contributed by atoms with Crippen molar-refractivity contribution in [1.29, 1.82) is 0 Å². The molecule has 0 aliphatic carbocycles. The summed E-state index contributed by atoms with van der Waals surface area (Å²) >= 11 is 0. The zero-order valence-electron chi connectivity index (χ0n) is 12.2. The van der Waals surface area contributed by atoms with Crippen molar-refractivity contribution < 1.29 is 19.1 Å². The molecule has 1 aromatic carbocycles. The van der Waals surface area contributed by atoms with Gasteiger partial charge in [-0.25, -0.2) is 4.79 Å². The summed E-state index contributed by atoms with van der Waals surface area (Å²) in [6.45, 7) is 2.94. The standard InChI is InChI=1S/C16H19NO4/c1-11-15(16(19)20-2)7-14(21-11)9-17-8-12-4-3-5-13(6-12)10-18/h3-7,17-18H,8-10H2,1-2H3. The Morgan fingerprint density at radius 1 is 1.29 bits per heavy atom. The van der Waals surface area contributed by atoms with Crippen LogP contribution in [0.25, 0.3) is 0 Å². The van der Waals surface area contributed by atoms with E-state index in [-0.39, 0.29) is 6.61 Å². The molecule has 0 aliphatic heterocycles. The van der Waals surface area contributed by atoms with Crippen LogP contribution in [0.2, 0.25) is 0 Å². The molecular formula is C16H19NO4. The van der Waals surface area contributed by atoms with Crippen LogP contribution in [0.15, 0.2) is 34.7 Å². The molecule has 2 aromatic rings. The lowest BCUT2D eigenvalue weighted by Gasteiger charge is -2.04. The number of furan rings is 1. The minimum atomic E-state index is -0.391. The van der Waals surface area contributed by atoms with Crippen molar-refractivity contribution in [3.05, 3.63) is 58.5 Å². The summed E-state index contributed by atoms with van der Waals surface area (Å²) in [7, 11) is 1.35. The quantitative estimate of drug-likeness (QED) is 0.797. The van der Waals surface area contributed by atoms with Crippen molar-refractivity contribution in [1.82, 2.24) is 5.32 Å². The van der Waals surface area contributed by atoms with Gasteiger partial charge in [0, 0.05) is 6.54 Å². The monoisotopic (exact) mass is 289 g/mol. The molecule has 21 heavy (non-hydrogen) atoms. The van der Waals surface area contributed by atoms with Crippen LogP contribution in [-0.4, -0.2) is 18.2 Å². The Balaban J connectivity index is 1.93. The van der Waals surface area contributed by atoms with Gasteiger partial charge in [0.2, 0.25) is 0 Å². The zero-order valence-corrected chi connectivity index (χ0v) is 12.2. The average Bonchev–Trinajstić information content (AvgIpc) is 2.87. The van der Waals surface area contributed by atoms with Gasteiger partial charge in [-0.1, -0.05) is 24.3 Å². The number of carbonyl (C=O) groups excluding carboxylic acids is 1. The lowest BCUT2D eigenvalue weighted by atomic mass is 10.1. The Hall–Kier alpha value is -2.11. The molecule has 5 heteroatoms. The fourth-order valence-electron chi connectivity index (χ4n) is 2.11. The molecule has 1 aromatic heterocycles. The number of aliphatic hydroxyl groups excluding tert-OH is 1. The minimum Gasteiger partial charge on any atom is -0.465 e. The highest BCUT2D eigenvalue weighted by molar-refractivity contribution is 5.90. The van der Waals surface area contributed by atoms with E-state index >= 15 is 0 Å². The molecule has 0 saturated heterocycles. The fraction of sp³-hybridized carbons (Fsp3) is 0.312. The second-order valence-electron chi connectivity index (χ2n) is 4.76. The van der Waals surface area contributed by atoms with Gasteiger partial charge in [0.25, 0.3) is 0 Å². The van der Waals surface area contributed by atoms with E-state index in [1.165, 1.54) is 7.11 Å². The highest BCUT2D eigenvalue weighted by atomic mass is 16.5. The molecule has 1 heterocycles. The molecule has 2 rings (SSSR count). The van der Waals surface area contributed by atoms with Crippen LogP contribution in [0.1, 0.15) is 33.0 Å². The Kier molecular flexibility index (Phi) is 5.14. The Morgan fingerprint density at radius 2 is 2.05 bits per heavy atom. The molecule has 2 N–H and O–H groups in total. The minimum absolute atomic E-state index is 0.0354. The second kappa shape index (κ2) is 7.06. The molecule has 0 spiro atoms. The van der Waals surface area contributed by atoms with Crippen molar-refractivity contribution in [3.63, 3.8) is 0 Å². The molecule has 112 valence electrons. The van der Waals surface area contributed by atoms with E-state index in [1.807, 2.05) is 24.3 Å². The maximum Gasteiger partial charge on any atom is 0.341 e. The number of methoxy groups -OCH3 is 1. The highest BCUT2D eigenvalue weighted by Crippen LogP contribution is 2.15. The zero-order chi connectivity index (χ0) is 15.2. The number of esters is 1. The molecule has 0 unspecified atom stereocenters. The predicted molar refractivity (Wildman–Crippen MR) is 77.7 cm³/mol. The number of carbonyl (C=O) groups is 1. The first-order valence-electron chi connectivity index (χ1n) is 6.71. The van der Waals surface area contributed by atoms with Gasteiger partial charge in [-0.05, 0) is 24.1 Å². The van der Waals surface area contributed by atoms with E-state index in [4.69, 9.17) is 9.52 Å². The van der Waals surface area contributed by atoms with Crippen LogP contribution in [0.3, 0.4) is 0 Å². The summed E-state index contributed by atoms with van der Waals surface area (Å²) in [4.78, 5) is 11.5. The number of ether oxygens (including phenoxy) is 1. The first-order valence-corrected chi connectivity index (χ1v) is 6.71. The second-order valence-corrected chi connectivity index (χ2v) is 4.76. The van der Waals surface area contributed by atoms with Crippen molar-refractivity contribution >= 4 is 5.97 Å². The highest BCUT2D eigenvalue weighted by Gasteiger charge is 2.14. The molecule has 0 aliphatic rings. The SMILES string of the molecule is COC(=O)c1cc(CNCc2cccc(CO)c2)oc1C. The van der Waals surface area contributed by atoms with Crippen molar-refractivity contribution in [2.75, 3.05) is 7.11 Å². The maximum absolute atomic E-state index is 11.5. The third-order valence-corrected chi connectivity index (χ3v) is 3.18. The van der Waals surface area contributed by atoms with Crippen molar-refractivity contribution in [2.24, 2.45) is 0 Å². The van der Waals surface area contributed by atoms with Gasteiger partial charge in [0.05, 0.1) is 20.3 Å². The number of rotatable bonds is 6. The van der Waals surface area contributed by atoms with Gasteiger partial charge in [-0.2, -0.15) is 0 Å². The molecule has 0 atom stereocenters. The molecular weight excluding hydrogens is 270 g/mol. The largest absolute Gasteiger partial charge is 0.465 e. The van der Waals surface area contributed by atoms with E-state index in [1.54, 1.807) is 13.0 Å². The number of nitrogens with one attached hydrogen (secondary N) is 1. The average molecular weight is 289 g/mol. The summed E-state index contributed by atoms with van der Waals surface area (Å²) in [6, 6.07) is 9.41. The molecule has 0 fully saturated rings. The Bertz CT molecular complexity index is 618. The van der Waals surface area contributed by atoms with Gasteiger partial charge in [-0.15, -0.1) is 0 Å². The Morgan fingerprint density at radius 3 is 2.76 bits per heavy atom. The van der Waals surface area contributed by atoms with Gasteiger partial charge in [0.1, 0.15) is 17.1 Å². The number of aliphatic hydroxyl groups is 1. The van der Waals surface area contributed by atoms with Gasteiger partial charge >= 0.3 is 5.97 Å². The van der Waals surface area contributed by atoms with E-state index in [0.717, 1.165) is 11.1 Å². The smallest absolute Gasteiger partial charge is 0.341 e. The first-order chi connectivity index (χ1) is 10.1. The number of hydrogen-bond donors (Lipinski definition) is 2. The number of benzene rings is 1. The van der Waals surface area contributed by atoms with Gasteiger partial charge in [-0.3, -0.25) is 0 Å². The Labute approximate surface area is 123 Å². The number of hydrogen-bond acceptors (Lipinski definition) is 5. The summed E-state index contributed by atoms with van der Waals surface area (Å²) < 4.78 is 10.2. The first kappa shape index (κ1) is 15.3. The van der Waals surface area contributed by atoms with Crippen LogP contribution in [-0.2, 0) is 24.4 Å². The lowest BCUT2D eigenvalue weighted by molar-refractivity contribution is 0.0599. The molecule has 0 saturated carbocycles. The third kappa shape index (κ3) is 3.93. The van der Waals surface area contributed by atoms with E-state index in [2.05, 4.69) is 10.1 Å². The fourth-order valence-corrected chi connectivity index (χ4v) is 2.11. The van der Waals surface area contributed by atoms with Crippen LogP contribution < -0.4 is 5.32 Å². The summed E-state index contributed by atoms with van der Waals surface area (Å²) in [5.41, 5.74) is 2.42. The molecule has 0 bridgehead atoms.